The van der Waals surface area contributed by atoms with Gasteiger partial charge in [-0.1, -0.05) is 13.8 Å². The van der Waals surface area contributed by atoms with Crippen molar-refractivity contribution >= 4 is 38.6 Å². The van der Waals surface area contributed by atoms with E-state index in [-0.39, 0.29) is 4.90 Å². The molecule has 1 aliphatic heterocycles. The van der Waals surface area contributed by atoms with E-state index in [1.54, 1.807) is 34.9 Å². The molecule has 10 nitrogen and oxygen atoms in total. The van der Waals surface area contributed by atoms with Crippen LogP contribution in [-0.4, -0.2) is 76.9 Å². The SMILES string of the molecule is CC(C)CNc1nc(Nc2ccc(S(=O)(=O)N3CCN(C)CC3)cc2)nc2c1ncn2C. The highest BCUT2D eigenvalue weighted by molar-refractivity contribution is 7.89. The fourth-order valence-corrected chi connectivity index (χ4v) is 4.93. The minimum Gasteiger partial charge on any atom is -0.368 e. The molecule has 32 heavy (non-hydrogen) atoms. The Bertz CT molecular complexity index is 1180. The molecule has 3 heterocycles. The van der Waals surface area contributed by atoms with E-state index in [9.17, 15) is 8.42 Å². The van der Waals surface area contributed by atoms with Gasteiger partial charge in [0.1, 0.15) is 0 Å². The van der Waals surface area contributed by atoms with Crippen LogP contribution in [0.1, 0.15) is 13.8 Å². The van der Waals surface area contributed by atoms with E-state index in [0.29, 0.717) is 47.6 Å². The van der Waals surface area contributed by atoms with E-state index >= 15 is 0 Å². The second-order valence-electron chi connectivity index (χ2n) is 8.55. The third-order valence-electron chi connectivity index (χ3n) is 5.45. The standard InChI is InChI=1S/C21H30N8O2S/c1-15(2)13-22-19-18-20(28(4)14-23-18)26-21(25-19)24-16-5-7-17(8-6-16)32(30,31)29-11-9-27(3)10-12-29/h5-8,14-15H,9-13H2,1-4H3,(H2,22,24,25,26). The molecule has 0 unspecified atom stereocenters. The Morgan fingerprint density at radius 2 is 1.72 bits per heavy atom. The number of rotatable bonds is 7. The van der Waals surface area contributed by atoms with Gasteiger partial charge >= 0.3 is 0 Å². The Morgan fingerprint density at radius 1 is 1.03 bits per heavy atom. The number of sulfonamides is 1. The molecule has 0 amide bonds. The zero-order valence-electron chi connectivity index (χ0n) is 18.9. The van der Waals surface area contributed by atoms with E-state index in [0.717, 1.165) is 19.6 Å². The number of piperazine rings is 1. The number of hydrogen-bond donors (Lipinski definition) is 2. The number of nitrogens with zero attached hydrogens (tertiary/aromatic N) is 6. The van der Waals surface area contributed by atoms with Gasteiger partial charge in [0, 0.05) is 45.5 Å². The fourth-order valence-electron chi connectivity index (χ4n) is 3.50. The first-order valence-corrected chi connectivity index (χ1v) is 12.2. The van der Waals surface area contributed by atoms with Gasteiger partial charge in [-0.2, -0.15) is 14.3 Å². The largest absolute Gasteiger partial charge is 0.368 e. The molecule has 2 aromatic heterocycles. The fraction of sp³-hybridized carbons (Fsp3) is 0.476. The lowest BCUT2D eigenvalue weighted by Gasteiger charge is -2.31. The normalized spacial score (nSPS) is 16.0. The predicted molar refractivity (Wildman–Crippen MR) is 126 cm³/mol. The van der Waals surface area contributed by atoms with Gasteiger partial charge in [-0.25, -0.2) is 13.4 Å². The quantitative estimate of drug-likeness (QED) is 0.554. The topological polar surface area (TPSA) is 108 Å². The summed E-state index contributed by atoms with van der Waals surface area (Å²) in [5, 5.41) is 6.53. The number of hydrogen-bond acceptors (Lipinski definition) is 8. The van der Waals surface area contributed by atoms with Crippen LogP contribution in [0, 0.1) is 5.92 Å². The van der Waals surface area contributed by atoms with Crippen molar-refractivity contribution in [3.63, 3.8) is 0 Å². The highest BCUT2D eigenvalue weighted by Gasteiger charge is 2.27. The van der Waals surface area contributed by atoms with Gasteiger partial charge in [-0.3, -0.25) is 0 Å². The molecule has 0 bridgehead atoms. The van der Waals surface area contributed by atoms with Crippen LogP contribution in [0.4, 0.5) is 17.5 Å². The molecule has 0 radical (unpaired) electrons. The maximum absolute atomic E-state index is 12.9. The van der Waals surface area contributed by atoms with Gasteiger partial charge < -0.3 is 20.1 Å². The molecule has 0 aliphatic carbocycles. The van der Waals surface area contributed by atoms with E-state index in [4.69, 9.17) is 0 Å². The van der Waals surface area contributed by atoms with Gasteiger partial charge in [-0.05, 0) is 37.2 Å². The summed E-state index contributed by atoms with van der Waals surface area (Å²) in [6.07, 6.45) is 1.71. The Morgan fingerprint density at radius 3 is 2.38 bits per heavy atom. The zero-order chi connectivity index (χ0) is 22.9. The zero-order valence-corrected chi connectivity index (χ0v) is 19.7. The van der Waals surface area contributed by atoms with Crippen LogP contribution in [0.3, 0.4) is 0 Å². The molecular weight excluding hydrogens is 428 g/mol. The second kappa shape index (κ2) is 9.00. The molecule has 0 spiro atoms. The average molecular weight is 459 g/mol. The average Bonchev–Trinajstić information content (AvgIpc) is 3.13. The van der Waals surface area contributed by atoms with Crippen molar-refractivity contribution in [2.24, 2.45) is 13.0 Å². The molecule has 11 heteroatoms. The van der Waals surface area contributed by atoms with Gasteiger partial charge in [0.15, 0.2) is 17.0 Å². The van der Waals surface area contributed by atoms with Crippen LogP contribution in [0.5, 0.6) is 0 Å². The molecular formula is C21H30N8O2S. The van der Waals surface area contributed by atoms with Crippen molar-refractivity contribution in [1.29, 1.82) is 0 Å². The van der Waals surface area contributed by atoms with E-state index in [2.05, 4.69) is 44.3 Å². The molecule has 1 aliphatic rings. The summed E-state index contributed by atoms with van der Waals surface area (Å²) in [5.74, 6) is 1.54. The lowest BCUT2D eigenvalue weighted by atomic mass is 10.2. The minimum absolute atomic E-state index is 0.287. The summed E-state index contributed by atoms with van der Waals surface area (Å²) >= 11 is 0. The monoisotopic (exact) mass is 458 g/mol. The molecule has 4 rings (SSSR count). The molecule has 0 saturated carbocycles. The number of imidazole rings is 1. The third-order valence-corrected chi connectivity index (χ3v) is 7.36. The van der Waals surface area contributed by atoms with Crippen molar-refractivity contribution < 1.29 is 8.42 Å². The number of fused-ring (bicyclic) bond motifs is 1. The van der Waals surface area contributed by atoms with Crippen molar-refractivity contribution in [2.45, 2.75) is 18.7 Å². The lowest BCUT2D eigenvalue weighted by Crippen LogP contribution is -2.46. The third kappa shape index (κ3) is 4.69. The molecule has 2 N–H and O–H groups in total. The van der Waals surface area contributed by atoms with Gasteiger partial charge in [0.2, 0.25) is 16.0 Å². The van der Waals surface area contributed by atoms with E-state index in [1.807, 2.05) is 18.7 Å². The highest BCUT2D eigenvalue weighted by atomic mass is 32.2. The van der Waals surface area contributed by atoms with Crippen LogP contribution in [0.25, 0.3) is 11.2 Å². The predicted octanol–water partition coefficient (Wildman–Crippen LogP) is 2.11. The number of aromatic nitrogens is 4. The van der Waals surface area contributed by atoms with Crippen LogP contribution in [0.15, 0.2) is 35.5 Å². The number of nitrogens with one attached hydrogen (secondary N) is 2. The molecule has 172 valence electrons. The summed E-state index contributed by atoms with van der Waals surface area (Å²) in [4.78, 5) is 16.0. The Hall–Kier alpha value is -2.76. The van der Waals surface area contributed by atoms with Crippen LogP contribution >= 0.6 is 0 Å². The van der Waals surface area contributed by atoms with Gasteiger partial charge in [-0.15, -0.1) is 0 Å². The summed E-state index contributed by atoms with van der Waals surface area (Å²) in [5.41, 5.74) is 2.13. The number of benzene rings is 1. The molecule has 0 atom stereocenters. The van der Waals surface area contributed by atoms with Gasteiger partial charge in [0.05, 0.1) is 11.2 Å². The number of likely N-dealkylation sites (N-methyl/N-ethyl adjacent to an activating group) is 1. The highest BCUT2D eigenvalue weighted by Crippen LogP contribution is 2.24. The molecule has 1 aromatic carbocycles. The van der Waals surface area contributed by atoms with Crippen molar-refractivity contribution in [3.05, 3.63) is 30.6 Å². The first kappa shape index (κ1) is 22.4. The van der Waals surface area contributed by atoms with Crippen LogP contribution in [-0.2, 0) is 17.1 Å². The summed E-state index contributed by atoms with van der Waals surface area (Å²) in [7, 11) is 0.386. The first-order chi connectivity index (χ1) is 15.2. The van der Waals surface area contributed by atoms with E-state index < -0.39 is 10.0 Å². The minimum atomic E-state index is -3.50. The summed E-state index contributed by atoms with van der Waals surface area (Å²) in [6.45, 7) is 7.50. The second-order valence-corrected chi connectivity index (χ2v) is 10.5. The maximum atomic E-state index is 12.9. The Labute approximate surface area is 188 Å². The van der Waals surface area contributed by atoms with Crippen molar-refractivity contribution in [2.75, 3.05) is 50.4 Å². The lowest BCUT2D eigenvalue weighted by molar-refractivity contribution is 0.222. The van der Waals surface area contributed by atoms with Crippen molar-refractivity contribution in [3.8, 4) is 0 Å². The first-order valence-electron chi connectivity index (χ1n) is 10.7. The molecule has 1 saturated heterocycles. The van der Waals surface area contributed by atoms with Crippen molar-refractivity contribution in [1.82, 2.24) is 28.7 Å². The van der Waals surface area contributed by atoms with Crippen LogP contribution in [0.2, 0.25) is 0 Å². The number of anilines is 3. The van der Waals surface area contributed by atoms with Gasteiger partial charge in [0.25, 0.3) is 0 Å². The molecule has 3 aromatic rings. The summed E-state index contributed by atoms with van der Waals surface area (Å²) < 4.78 is 29.3. The van der Waals surface area contributed by atoms with Crippen LogP contribution < -0.4 is 10.6 Å². The number of aryl methyl sites for hydroxylation is 1. The molecule has 1 fully saturated rings. The maximum Gasteiger partial charge on any atom is 0.243 e. The van der Waals surface area contributed by atoms with E-state index in [1.165, 1.54) is 0 Å². The summed E-state index contributed by atoms with van der Waals surface area (Å²) in [6, 6.07) is 6.72. The smallest absolute Gasteiger partial charge is 0.243 e. The Kier molecular flexibility index (Phi) is 6.31. The Balaban J connectivity index is 1.55.